The lowest BCUT2D eigenvalue weighted by Crippen LogP contribution is -2.51. The summed E-state index contributed by atoms with van der Waals surface area (Å²) in [6.07, 6.45) is 2.07. The van der Waals surface area contributed by atoms with Gasteiger partial charge in [-0.3, -0.25) is 10.1 Å². The number of carbonyl (C=O) groups is 1. The van der Waals surface area contributed by atoms with Crippen LogP contribution in [0.5, 0.6) is 0 Å². The molecule has 0 aromatic carbocycles. The number of methoxy groups -OCH3 is 1. The molecule has 1 fully saturated rings. The van der Waals surface area contributed by atoms with E-state index in [1.165, 1.54) is 0 Å². The van der Waals surface area contributed by atoms with Crippen molar-refractivity contribution in [3.8, 4) is 0 Å². The molecule has 1 rings (SSSR count). The van der Waals surface area contributed by atoms with Gasteiger partial charge in [0, 0.05) is 7.11 Å². The summed E-state index contributed by atoms with van der Waals surface area (Å²) < 4.78 is 5.33. The van der Waals surface area contributed by atoms with Crippen molar-refractivity contribution in [1.82, 2.24) is 10.2 Å². The van der Waals surface area contributed by atoms with E-state index in [1.54, 1.807) is 7.11 Å². The molecule has 1 amide bonds. The monoisotopic (exact) mass is 270 g/mol. The number of nitrogens with one attached hydrogen (secondary N) is 1. The first-order valence-corrected chi connectivity index (χ1v) is 7.51. The van der Waals surface area contributed by atoms with Crippen molar-refractivity contribution >= 4 is 5.91 Å². The Morgan fingerprint density at radius 3 is 2.37 bits per heavy atom. The maximum atomic E-state index is 12.6. The number of carbonyl (C=O) groups excluding carboxylic acids is 1. The van der Waals surface area contributed by atoms with E-state index in [-0.39, 0.29) is 24.2 Å². The third-order valence-electron chi connectivity index (χ3n) is 3.90. The molecule has 0 aromatic heterocycles. The molecule has 0 saturated carbocycles. The molecule has 1 aliphatic rings. The Kier molecular flexibility index (Phi) is 6.27. The van der Waals surface area contributed by atoms with Crippen LogP contribution in [0.3, 0.4) is 0 Å². The van der Waals surface area contributed by atoms with Crippen LogP contribution in [0.15, 0.2) is 0 Å². The van der Waals surface area contributed by atoms with Crippen molar-refractivity contribution in [2.75, 3.05) is 13.7 Å². The first-order chi connectivity index (χ1) is 8.93. The van der Waals surface area contributed by atoms with E-state index in [4.69, 9.17) is 4.74 Å². The standard InChI is InChI=1S/C15H30N2O2/c1-7-8-12-15(18)17(14(16-12)11(4)5)13(9-19-6)10(2)3/h10-14,16H,7-9H2,1-6H3. The van der Waals surface area contributed by atoms with Crippen molar-refractivity contribution in [3.05, 3.63) is 0 Å². The topological polar surface area (TPSA) is 41.6 Å². The Balaban J connectivity index is 2.94. The zero-order valence-corrected chi connectivity index (χ0v) is 13.3. The van der Waals surface area contributed by atoms with E-state index in [0.29, 0.717) is 18.4 Å². The summed E-state index contributed by atoms with van der Waals surface area (Å²) in [7, 11) is 1.71. The number of nitrogens with zero attached hydrogens (tertiary/aromatic N) is 1. The zero-order chi connectivity index (χ0) is 14.6. The van der Waals surface area contributed by atoms with Crippen LogP contribution in [0.4, 0.5) is 0 Å². The Morgan fingerprint density at radius 1 is 1.32 bits per heavy atom. The van der Waals surface area contributed by atoms with Crippen LogP contribution < -0.4 is 5.32 Å². The largest absolute Gasteiger partial charge is 0.383 e. The van der Waals surface area contributed by atoms with Crippen LogP contribution in [0, 0.1) is 11.8 Å². The second-order valence-electron chi connectivity index (χ2n) is 6.21. The lowest BCUT2D eigenvalue weighted by Gasteiger charge is -2.36. The molecular formula is C15H30N2O2. The third-order valence-corrected chi connectivity index (χ3v) is 3.90. The van der Waals surface area contributed by atoms with E-state index >= 15 is 0 Å². The first-order valence-electron chi connectivity index (χ1n) is 7.51. The minimum Gasteiger partial charge on any atom is -0.383 e. The number of hydrogen-bond donors (Lipinski definition) is 1. The average Bonchev–Trinajstić information content (AvgIpc) is 2.64. The zero-order valence-electron chi connectivity index (χ0n) is 13.3. The van der Waals surface area contributed by atoms with Gasteiger partial charge in [0.25, 0.3) is 0 Å². The fourth-order valence-corrected chi connectivity index (χ4v) is 2.82. The summed E-state index contributed by atoms with van der Waals surface area (Å²) in [6, 6.07) is 0.134. The molecule has 0 radical (unpaired) electrons. The predicted molar refractivity (Wildman–Crippen MR) is 77.8 cm³/mol. The number of amides is 1. The SMILES string of the molecule is CCCC1NC(C(C)C)N(C(COC)C(C)C)C1=O. The average molecular weight is 270 g/mol. The van der Waals surface area contributed by atoms with Gasteiger partial charge in [-0.15, -0.1) is 0 Å². The summed E-state index contributed by atoms with van der Waals surface area (Å²) in [5.74, 6) is 1.05. The smallest absolute Gasteiger partial charge is 0.241 e. The Morgan fingerprint density at radius 2 is 1.95 bits per heavy atom. The highest BCUT2D eigenvalue weighted by molar-refractivity contribution is 5.84. The molecule has 4 heteroatoms. The van der Waals surface area contributed by atoms with Crippen molar-refractivity contribution < 1.29 is 9.53 Å². The second kappa shape index (κ2) is 7.25. The van der Waals surface area contributed by atoms with Gasteiger partial charge in [0.2, 0.25) is 5.91 Å². The quantitative estimate of drug-likeness (QED) is 0.771. The Labute approximate surface area is 117 Å². The molecule has 3 unspecified atom stereocenters. The molecule has 0 aliphatic carbocycles. The molecule has 1 N–H and O–H groups in total. The van der Waals surface area contributed by atoms with Gasteiger partial charge in [-0.25, -0.2) is 0 Å². The minimum atomic E-state index is -0.0180. The van der Waals surface area contributed by atoms with Gasteiger partial charge < -0.3 is 9.64 Å². The van der Waals surface area contributed by atoms with Gasteiger partial charge in [0.1, 0.15) is 0 Å². The fraction of sp³-hybridized carbons (Fsp3) is 0.933. The molecule has 1 heterocycles. The van der Waals surface area contributed by atoms with E-state index in [9.17, 15) is 4.79 Å². The Bertz CT molecular complexity index is 292. The third kappa shape index (κ3) is 3.69. The molecule has 0 bridgehead atoms. The van der Waals surface area contributed by atoms with E-state index < -0.39 is 0 Å². The van der Waals surface area contributed by atoms with Crippen molar-refractivity contribution in [3.63, 3.8) is 0 Å². The van der Waals surface area contributed by atoms with Crippen LogP contribution in [-0.2, 0) is 9.53 Å². The highest BCUT2D eigenvalue weighted by atomic mass is 16.5. The van der Waals surface area contributed by atoms with Crippen LogP contribution in [-0.4, -0.2) is 42.8 Å². The molecule has 4 nitrogen and oxygen atoms in total. The predicted octanol–water partition coefficient (Wildman–Crippen LogP) is 2.24. The summed E-state index contributed by atoms with van der Waals surface area (Å²) in [5, 5.41) is 3.51. The summed E-state index contributed by atoms with van der Waals surface area (Å²) in [6.45, 7) is 11.4. The summed E-state index contributed by atoms with van der Waals surface area (Å²) in [5.41, 5.74) is 0. The number of hydrogen-bond acceptors (Lipinski definition) is 3. The van der Waals surface area contributed by atoms with Crippen LogP contribution in [0.2, 0.25) is 0 Å². The van der Waals surface area contributed by atoms with E-state index in [0.717, 1.165) is 12.8 Å². The van der Waals surface area contributed by atoms with Gasteiger partial charge in [0.05, 0.1) is 24.9 Å². The highest BCUT2D eigenvalue weighted by Crippen LogP contribution is 2.25. The Hall–Kier alpha value is -0.610. The van der Waals surface area contributed by atoms with Crippen molar-refractivity contribution in [2.24, 2.45) is 11.8 Å². The van der Waals surface area contributed by atoms with Crippen molar-refractivity contribution in [1.29, 1.82) is 0 Å². The number of ether oxygens (including phenoxy) is 1. The lowest BCUT2D eigenvalue weighted by molar-refractivity contribution is -0.135. The van der Waals surface area contributed by atoms with Crippen LogP contribution in [0.1, 0.15) is 47.5 Å². The molecule has 0 aromatic rings. The highest BCUT2D eigenvalue weighted by Gasteiger charge is 2.43. The van der Waals surface area contributed by atoms with E-state index in [1.807, 2.05) is 4.90 Å². The normalized spacial score (nSPS) is 25.7. The fourth-order valence-electron chi connectivity index (χ4n) is 2.82. The molecule has 112 valence electrons. The van der Waals surface area contributed by atoms with Crippen LogP contribution in [0.25, 0.3) is 0 Å². The van der Waals surface area contributed by atoms with Gasteiger partial charge in [-0.2, -0.15) is 0 Å². The summed E-state index contributed by atoms with van der Waals surface area (Å²) >= 11 is 0. The van der Waals surface area contributed by atoms with Crippen LogP contribution >= 0.6 is 0 Å². The van der Waals surface area contributed by atoms with Crippen molar-refractivity contribution in [2.45, 2.75) is 65.7 Å². The van der Waals surface area contributed by atoms with Gasteiger partial charge in [-0.05, 0) is 18.3 Å². The molecular weight excluding hydrogens is 240 g/mol. The maximum Gasteiger partial charge on any atom is 0.241 e. The second-order valence-corrected chi connectivity index (χ2v) is 6.21. The molecule has 1 saturated heterocycles. The molecule has 3 atom stereocenters. The summed E-state index contributed by atoms with van der Waals surface area (Å²) in [4.78, 5) is 14.7. The molecule has 0 spiro atoms. The maximum absolute atomic E-state index is 12.6. The minimum absolute atomic E-state index is 0.0180. The first kappa shape index (κ1) is 16.4. The molecule has 1 aliphatic heterocycles. The molecule has 19 heavy (non-hydrogen) atoms. The lowest BCUT2D eigenvalue weighted by atomic mass is 10.0. The van der Waals surface area contributed by atoms with Gasteiger partial charge >= 0.3 is 0 Å². The number of rotatable bonds is 7. The van der Waals surface area contributed by atoms with Gasteiger partial charge in [0.15, 0.2) is 0 Å². The van der Waals surface area contributed by atoms with Gasteiger partial charge in [-0.1, -0.05) is 41.0 Å². The van der Waals surface area contributed by atoms with E-state index in [2.05, 4.69) is 39.9 Å².